The second kappa shape index (κ2) is 23.3. The van der Waals surface area contributed by atoms with Crippen LogP contribution in [0.15, 0.2) is 255 Å². The zero-order valence-corrected chi connectivity index (χ0v) is 42.5. The van der Waals surface area contributed by atoms with Crippen LogP contribution < -0.4 is 21.2 Å². The van der Waals surface area contributed by atoms with Gasteiger partial charge in [0.25, 0.3) is 0 Å². The summed E-state index contributed by atoms with van der Waals surface area (Å²) in [5, 5.41) is 20.9. The van der Waals surface area contributed by atoms with Crippen molar-refractivity contribution in [2.45, 2.75) is 0 Å². The van der Waals surface area contributed by atoms with Crippen LogP contribution in [0.3, 0.4) is 0 Å². The number of hydrogen-bond acceptors (Lipinski definition) is 0. The normalized spacial score (nSPS) is 10.7. The molecule has 0 amide bonds. The van der Waals surface area contributed by atoms with Crippen molar-refractivity contribution in [2.75, 3.05) is 5.90 Å². The average Bonchev–Trinajstić information content (AvgIpc) is 3.42. The Morgan fingerprint density at radius 1 is 0.246 bits per heavy atom. The first-order chi connectivity index (χ1) is 33.2. The maximum absolute atomic E-state index is 7.34. The smallest absolute Gasteiger partial charge is 0.366 e. The van der Waals surface area contributed by atoms with E-state index in [1.165, 1.54) is 91.8 Å². The molecule has 0 saturated carbocycles. The molecule has 69 heavy (non-hydrogen) atoms. The van der Waals surface area contributed by atoms with Crippen LogP contribution in [0.4, 0.5) is 0 Å². The van der Waals surface area contributed by atoms with Gasteiger partial charge in [-0.1, -0.05) is 182 Å². The first-order valence-electron chi connectivity index (χ1n) is 22.6. The summed E-state index contributed by atoms with van der Waals surface area (Å²) >= 11 is 0. The van der Waals surface area contributed by atoms with Gasteiger partial charge in [-0.2, -0.15) is 0 Å². The van der Waals surface area contributed by atoms with Crippen molar-refractivity contribution in [2.24, 2.45) is 0 Å². The third kappa shape index (κ3) is 10.6. The van der Waals surface area contributed by atoms with Gasteiger partial charge in [0.15, 0.2) is 5.90 Å². The minimum atomic E-state index is -0.847. The molecule has 336 valence electrons. The topological polar surface area (TPSA) is 0 Å². The first-order valence-corrected chi connectivity index (χ1v) is 26.0. The Kier molecular flexibility index (Phi) is 16.6. The quantitative estimate of drug-likeness (QED) is 0.0512. The van der Waals surface area contributed by atoms with E-state index in [9.17, 15) is 0 Å². The molecule has 0 aliphatic rings. The Morgan fingerprint density at radius 3 is 0.681 bits per heavy atom. The number of fused-ring (bicyclic) bond motifs is 12. The predicted molar refractivity (Wildman–Crippen MR) is 296 cm³/mol. The van der Waals surface area contributed by atoms with Gasteiger partial charge in [-0.15, -0.1) is 35.4 Å². The zero-order chi connectivity index (χ0) is 45.4. The minimum Gasteiger partial charge on any atom is -0.366 e. The molecule has 0 radical (unpaired) electrons. The molecule has 0 spiro atoms. The predicted octanol–water partition coefficient (Wildman–Crippen LogP) is 14.8. The molecule has 4 heteroatoms. The van der Waals surface area contributed by atoms with Crippen molar-refractivity contribution in [1.82, 2.24) is 0 Å². The minimum absolute atomic E-state index is 0. The van der Waals surface area contributed by atoms with Crippen LogP contribution in [0.2, 0.25) is 0 Å². The Hall–Kier alpha value is -6.34. The van der Waals surface area contributed by atoms with E-state index in [4.69, 9.17) is 12.8 Å². The molecular formula is C65H46Ag2P2+2. The van der Waals surface area contributed by atoms with E-state index in [1.807, 2.05) is 12.1 Å². The Morgan fingerprint density at radius 2 is 0.449 bits per heavy atom. The van der Waals surface area contributed by atoms with Gasteiger partial charge in [0, 0.05) is 0 Å². The molecule has 12 aromatic rings. The monoisotopic (exact) mass is 1100 g/mol. The molecular weight excluding hydrogens is 1060 g/mol. The third-order valence-corrected chi connectivity index (χ3v) is 19.6. The molecule has 0 aliphatic heterocycles. The van der Waals surface area contributed by atoms with Crippen molar-refractivity contribution >= 4 is 102 Å². The fourth-order valence-electron chi connectivity index (χ4n) is 9.45. The van der Waals surface area contributed by atoms with Crippen molar-refractivity contribution in [3.63, 3.8) is 0 Å². The van der Waals surface area contributed by atoms with Crippen LogP contribution in [0.5, 0.6) is 0 Å². The van der Waals surface area contributed by atoms with E-state index >= 15 is 0 Å². The van der Waals surface area contributed by atoms with E-state index < -0.39 is 15.8 Å². The van der Waals surface area contributed by atoms with Gasteiger partial charge in [-0.25, -0.2) is 0 Å². The van der Waals surface area contributed by atoms with Gasteiger partial charge in [0.2, 0.25) is 0 Å². The summed E-state index contributed by atoms with van der Waals surface area (Å²) < 4.78 is 0. The second-order valence-corrected chi connectivity index (χ2v) is 22.2. The van der Waals surface area contributed by atoms with E-state index in [-0.39, 0.29) is 44.8 Å². The van der Waals surface area contributed by atoms with E-state index in [0.717, 1.165) is 11.1 Å². The molecule has 0 N–H and O–H groups in total. The average molecular weight is 1100 g/mol. The van der Waals surface area contributed by atoms with E-state index in [0.29, 0.717) is 0 Å². The van der Waals surface area contributed by atoms with Crippen molar-refractivity contribution in [3.05, 3.63) is 279 Å². The van der Waals surface area contributed by atoms with Crippen molar-refractivity contribution < 1.29 is 44.8 Å². The number of benzene rings is 12. The molecule has 0 aromatic heterocycles. The SMILES string of the molecule is [Ag+].[Ag+].[C-]#Cc1ccc2c3ccccc3c3ccccc3c2c1.[C-]#Cc1ccc2c3ccccc3c3ccccc3c2c1.c1ccc([PH+](C[PH+](c2ccccc2)c2ccccc2)c2ccccc2)cc1. The van der Waals surface area contributed by atoms with E-state index in [1.54, 1.807) is 0 Å². The molecule has 0 aliphatic carbocycles. The van der Waals surface area contributed by atoms with Crippen molar-refractivity contribution in [1.29, 1.82) is 0 Å². The molecule has 12 rings (SSSR count). The fourth-order valence-corrected chi connectivity index (χ4v) is 17.2. The number of rotatable bonds is 6. The molecule has 0 fully saturated rings. The molecule has 0 heterocycles. The Bertz CT molecular complexity index is 3350. The standard InChI is InChI=1S/C25H22P2.2C20H11.2Ag/c1-5-13-22(14-6-1)26(23-15-7-2-8-16-23)21-27(24-17-9-3-10-18-24)25-19-11-4-12-20-25;2*1-2-14-11-12-19-17-9-4-3-7-15(17)16-8-5-6-10-18(16)20(19)13-14;;/h1-20H,21H2;2*3-13H;;/q;2*-1;2*+1/p+2. The van der Waals surface area contributed by atoms with Gasteiger partial charge < -0.3 is 12.8 Å². The van der Waals surface area contributed by atoms with Gasteiger partial charge in [-0.3, -0.25) is 11.8 Å². The molecule has 0 saturated heterocycles. The Balaban J connectivity index is 0.000000140. The van der Waals surface area contributed by atoms with Crippen LogP contribution in [0.1, 0.15) is 11.1 Å². The Labute approximate surface area is 439 Å². The maximum atomic E-state index is 7.34. The number of hydrogen-bond donors (Lipinski definition) is 0. The molecule has 0 unspecified atom stereocenters. The molecule has 12 aromatic carbocycles. The second-order valence-electron chi connectivity index (χ2n) is 16.6. The summed E-state index contributed by atoms with van der Waals surface area (Å²) in [7, 11) is -1.69. The summed E-state index contributed by atoms with van der Waals surface area (Å²) in [6, 6.07) is 90.6. The van der Waals surface area contributed by atoms with Gasteiger partial charge in [-0.05, 0) is 113 Å². The summed E-state index contributed by atoms with van der Waals surface area (Å²) in [5.41, 5.74) is 1.64. The summed E-state index contributed by atoms with van der Waals surface area (Å²) in [6.07, 6.45) is 14.7. The zero-order valence-electron chi connectivity index (χ0n) is 37.6. The van der Waals surface area contributed by atoms with Gasteiger partial charge in [0.05, 0.1) is 0 Å². The van der Waals surface area contributed by atoms with E-state index in [2.05, 4.69) is 254 Å². The van der Waals surface area contributed by atoms with Crippen LogP contribution in [0, 0.1) is 24.7 Å². The molecule has 0 nitrogen and oxygen atoms in total. The fraction of sp³-hybridized carbons (Fsp3) is 0.0154. The first kappa shape index (κ1) is 49.1. The van der Waals surface area contributed by atoms with Gasteiger partial charge in [0.1, 0.15) is 37.1 Å². The summed E-state index contributed by atoms with van der Waals surface area (Å²) in [4.78, 5) is 0. The summed E-state index contributed by atoms with van der Waals surface area (Å²) in [6.45, 7) is 0. The third-order valence-electron chi connectivity index (χ3n) is 12.6. The van der Waals surface area contributed by atoms with Crippen LogP contribution >= 0.6 is 15.8 Å². The van der Waals surface area contributed by atoms with Crippen molar-refractivity contribution in [3.8, 4) is 11.8 Å². The maximum Gasteiger partial charge on any atom is 1.00 e. The van der Waals surface area contributed by atoms with Crippen LogP contribution in [0.25, 0.3) is 64.6 Å². The van der Waals surface area contributed by atoms with Gasteiger partial charge >= 0.3 is 44.8 Å². The van der Waals surface area contributed by atoms with Crippen LogP contribution in [-0.4, -0.2) is 5.90 Å². The summed E-state index contributed by atoms with van der Waals surface area (Å²) in [5.74, 6) is 6.21. The molecule has 0 bridgehead atoms. The van der Waals surface area contributed by atoms with Crippen LogP contribution in [-0.2, 0) is 44.8 Å². The largest absolute Gasteiger partial charge is 1.00 e. The molecule has 0 atom stereocenters.